The second-order valence-corrected chi connectivity index (χ2v) is 4.97. The highest BCUT2D eigenvalue weighted by molar-refractivity contribution is 5.76. The summed E-state index contributed by atoms with van der Waals surface area (Å²) in [6.45, 7) is 5.70. The van der Waals surface area contributed by atoms with Crippen LogP contribution < -0.4 is 0 Å². The Morgan fingerprint density at radius 2 is 2.06 bits per heavy atom. The summed E-state index contributed by atoms with van der Waals surface area (Å²) in [6, 6.07) is 5.90. The smallest absolute Gasteiger partial charge is 0.311 e. The van der Waals surface area contributed by atoms with E-state index in [4.69, 9.17) is 4.74 Å². The molecule has 0 radical (unpaired) electrons. The van der Waals surface area contributed by atoms with Crippen molar-refractivity contribution in [2.24, 2.45) is 5.41 Å². The van der Waals surface area contributed by atoms with E-state index in [1.807, 2.05) is 39.0 Å². The Morgan fingerprint density at radius 1 is 1.41 bits per heavy atom. The molecule has 1 N–H and O–H groups in total. The average molecular weight is 236 g/mol. The average Bonchev–Trinajstić information content (AvgIpc) is 2.30. The van der Waals surface area contributed by atoms with Crippen molar-refractivity contribution in [3.8, 4) is 0 Å². The van der Waals surface area contributed by atoms with Crippen molar-refractivity contribution >= 4 is 5.97 Å². The summed E-state index contributed by atoms with van der Waals surface area (Å²) in [5.74, 6) is -0.219. The summed E-state index contributed by atoms with van der Waals surface area (Å²) >= 11 is 0. The molecule has 0 atom stereocenters. The normalized spacial score (nSPS) is 11.4. The van der Waals surface area contributed by atoms with Crippen LogP contribution in [-0.4, -0.2) is 18.2 Å². The Morgan fingerprint density at radius 3 is 2.59 bits per heavy atom. The van der Waals surface area contributed by atoms with Crippen LogP contribution in [0.2, 0.25) is 0 Å². The SMILES string of the molecule is COC(=O)C(C)(C)Cc1ccc(C)c(CO)c1. The van der Waals surface area contributed by atoms with Crippen molar-refractivity contribution < 1.29 is 14.6 Å². The maximum Gasteiger partial charge on any atom is 0.311 e. The molecule has 1 aromatic carbocycles. The zero-order valence-corrected chi connectivity index (χ0v) is 10.9. The second kappa shape index (κ2) is 5.32. The molecule has 0 saturated heterocycles. The number of aliphatic hydroxyl groups excluding tert-OH is 1. The van der Waals surface area contributed by atoms with E-state index in [1.54, 1.807) is 0 Å². The molecule has 0 aromatic heterocycles. The van der Waals surface area contributed by atoms with E-state index >= 15 is 0 Å². The number of hydrogen-bond acceptors (Lipinski definition) is 3. The zero-order chi connectivity index (χ0) is 13.1. The molecule has 1 aromatic rings. The van der Waals surface area contributed by atoms with Gasteiger partial charge in [0.2, 0.25) is 0 Å². The number of methoxy groups -OCH3 is 1. The molecule has 0 aliphatic carbocycles. The number of carbonyl (C=O) groups excluding carboxylic acids is 1. The van der Waals surface area contributed by atoms with Gasteiger partial charge in [-0.1, -0.05) is 18.2 Å². The lowest BCUT2D eigenvalue weighted by Gasteiger charge is -2.21. The van der Waals surface area contributed by atoms with E-state index in [-0.39, 0.29) is 12.6 Å². The van der Waals surface area contributed by atoms with E-state index in [0.717, 1.165) is 16.7 Å². The Balaban J connectivity index is 2.92. The Hall–Kier alpha value is -1.35. The monoisotopic (exact) mass is 236 g/mol. The van der Waals surface area contributed by atoms with E-state index in [1.165, 1.54) is 7.11 Å². The van der Waals surface area contributed by atoms with Gasteiger partial charge < -0.3 is 9.84 Å². The summed E-state index contributed by atoms with van der Waals surface area (Å²) in [6.07, 6.45) is 0.604. The van der Waals surface area contributed by atoms with Crippen LogP contribution in [0.15, 0.2) is 18.2 Å². The van der Waals surface area contributed by atoms with E-state index in [9.17, 15) is 9.90 Å². The van der Waals surface area contributed by atoms with Crippen LogP contribution in [0.25, 0.3) is 0 Å². The maximum absolute atomic E-state index is 11.6. The Kier molecular flexibility index (Phi) is 4.29. The zero-order valence-electron chi connectivity index (χ0n) is 10.9. The number of aliphatic hydroxyl groups is 1. The molecule has 0 amide bonds. The first kappa shape index (κ1) is 13.7. The molecule has 1 rings (SSSR count). The molecule has 3 heteroatoms. The second-order valence-electron chi connectivity index (χ2n) is 4.97. The summed E-state index contributed by atoms with van der Waals surface area (Å²) in [7, 11) is 1.40. The largest absolute Gasteiger partial charge is 0.469 e. The van der Waals surface area contributed by atoms with Crippen LogP contribution in [0.3, 0.4) is 0 Å². The highest BCUT2D eigenvalue weighted by Crippen LogP contribution is 2.24. The fourth-order valence-corrected chi connectivity index (χ4v) is 1.86. The van der Waals surface area contributed by atoms with E-state index in [2.05, 4.69) is 0 Å². The minimum atomic E-state index is -0.545. The molecular weight excluding hydrogens is 216 g/mol. The van der Waals surface area contributed by atoms with Crippen LogP contribution in [0, 0.1) is 12.3 Å². The van der Waals surface area contributed by atoms with Crippen molar-refractivity contribution in [2.45, 2.75) is 33.8 Å². The molecule has 0 bridgehead atoms. The van der Waals surface area contributed by atoms with Gasteiger partial charge >= 0.3 is 5.97 Å². The quantitative estimate of drug-likeness (QED) is 0.815. The first-order chi connectivity index (χ1) is 7.90. The van der Waals surface area contributed by atoms with Crippen LogP contribution in [0.1, 0.15) is 30.5 Å². The molecular formula is C14H20O3. The summed E-state index contributed by atoms with van der Waals surface area (Å²) in [5, 5.41) is 9.20. The standard InChI is InChI=1S/C14H20O3/c1-10-5-6-11(7-12(10)9-15)8-14(2,3)13(16)17-4/h5-7,15H,8-9H2,1-4H3. The third kappa shape index (κ3) is 3.30. The minimum Gasteiger partial charge on any atom is -0.469 e. The van der Waals surface area contributed by atoms with Gasteiger partial charge in [0.25, 0.3) is 0 Å². The molecule has 0 saturated carbocycles. The summed E-state index contributed by atoms with van der Waals surface area (Å²) < 4.78 is 4.78. The van der Waals surface area contributed by atoms with Gasteiger partial charge in [0.15, 0.2) is 0 Å². The summed E-state index contributed by atoms with van der Waals surface area (Å²) in [4.78, 5) is 11.6. The van der Waals surface area contributed by atoms with Crippen molar-refractivity contribution in [3.63, 3.8) is 0 Å². The van der Waals surface area contributed by atoms with Crippen LogP contribution in [-0.2, 0) is 22.6 Å². The predicted octanol–water partition coefficient (Wildman–Crippen LogP) is 2.23. The highest BCUT2D eigenvalue weighted by Gasteiger charge is 2.28. The van der Waals surface area contributed by atoms with Crippen molar-refractivity contribution in [2.75, 3.05) is 7.11 Å². The van der Waals surface area contributed by atoms with Gasteiger partial charge in [-0.25, -0.2) is 0 Å². The molecule has 94 valence electrons. The number of aryl methyl sites for hydroxylation is 1. The number of esters is 1. The lowest BCUT2D eigenvalue weighted by atomic mass is 9.85. The van der Waals surface area contributed by atoms with E-state index < -0.39 is 5.41 Å². The van der Waals surface area contributed by atoms with Gasteiger partial charge in [0.05, 0.1) is 19.1 Å². The van der Waals surface area contributed by atoms with E-state index in [0.29, 0.717) is 6.42 Å². The number of benzene rings is 1. The van der Waals surface area contributed by atoms with Crippen molar-refractivity contribution in [1.29, 1.82) is 0 Å². The first-order valence-corrected chi connectivity index (χ1v) is 5.68. The van der Waals surface area contributed by atoms with Gasteiger partial charge in [-0.15, -0.1) is 0 Å². The third-order valence-corrected chi connectivity index (χ3v) is 2.97. The highest BCUT2D eigenvalue weighted by atomic mass is 16.5. The van der Waals surface area contributed by atoms with Crippen LogP contribution in [0.5, 0.6) is 0 Å². The molecule has 0 unspecified atom stereocenters. The number of carbonyl (C=O) groups is 1. The Bertz CT molecular complexity index is 408. The molecule has 17 heavy (non-hydrogen) atoms. The maximum atomic E-state index is 11.6. The molecule has 0 fully saturated rings. The number of ether oxygens (including phenoxy) is 1. The fraction of sp³-hybridized carbons (Fsp3) is 0.500. The van der Waals surface area contributed by atoms with Crippen LogP contribution >= 0.6 is 0 Å². The minimum absolute atomic E-state index is 0.0261. The molecule has 0 heterocycles. The van der Waals surface area contributed by atoms with Gasteiger partial charge in [-0.2, -0.15) is 0 Å². The lowest BCUT2D eigenvalue weighted by Crippen LogP contribution is -2.28. The van der Waals surface area contributed by atoms with Gasteiger partial charge in [0.1, 0.15) is 0 Å². The van der Waals surface area contributed by atoms with Crippen molar-refractivity contribution in [3.05, 3.63) is 34.9 Å². The third-order valence-electron chi connectivity index (χ3n) is 2.97. The number of hydrogen-bond donors (Lipinski definition) is 1. The Labute approximate surface area is 102 Å². The summed E-state index contributed by atoms with van der Waals surface area (Å²) in [5.41, 5.74) is 2.46. The van der Waals surface area contributed by atoms with Gasteiger partial charge in [0, 0.05) is 0 Å². The fourth-order valence-electron chi connectivity index (χ4n) is 1.86. The van der Waals surface area contributed by atoms with Gasteiger partial charge in [-0.05, 0) is 43.9 Å². The van der Waals surface area contributed by atoms with Gasteiger partial charge in [-0.3, -0.25) is 4.79 Å². The first-order valence-electron chi connectivity index (χ1n) is 5.68. The number of rotatable bonds is 4. The molecule has 0 spiro atoms. The molecule has 3 nitrogen and oxygen atoms in total. The van der Waals surface area contributed by atoms with Crippen molar-refractivity contribution in [1.82, 2.24) is 0 Å². The molecule has 0 aliphatic rings. The molecule has 0 aliphatic heterocycles. The predicted molar refractivity (Wildman–Crippen MR) is 66.6 cm³/mol. The van der Waals surface area contributed by atoms with Crippen LogP contribution in [0.4, 0.5) is 0 Å². The topological polar surface area (TPSA) is 46.5 Å². The lowest BCUT2D eigenvalue weighted by molar-refractivity contribution is -0.150.